The van der Waals surface area contributed by atoms with Gasteiger partial charge in [0.2, 0.25) is 9.84 Å². The Morgan fingerprint density at radius 1 is 1.32 bits per heavy atom. The summed E-state index contributed by atoms with van der Waals surface area (Å²) in [6, 6.07) is 7.79. The Kier molecular flexibility index (Phi) is 5.57. The van der Waals surface area contributed by atoms with Gasteiger partial charge in [0, 0.05) is 7.05 Å². The molecule has 0 atom stereocenters. The van der Waals surface area contributed by atoms with Gasteiger partial charge in [0.1, 0.15) is 6.61 Å². The summed E-state index contributed by atoms with van der Waals surface area (Å²) in [7, 11) is -2.14. The van der Waals surface area contributed by atoms with Crippen molar-refractivity contribution in [3.8, 4) is 0 Å². The zero-order valence-corrected chi connectivity index (χ0v) is 15.7. The lowest BCUT2D eigenvalue weighted by molar-refractivity contribution is -0.137. The van der Waals surface area contributed by atoms with Crippen LogP contribution in [0.3, 0.4) is 0 Å². The van der Waals surface area contributed by atoms with Crippen LogP contribution in [-0.4, -0.2) is 45.1 Å². The summed E-state index contributed by atoms with van der Waals surface area (Å²) in [6.07, 6.45) is 2.73. The molecule has 0 aliphatic carbocycles. The third kappa shape index (κ3) is 4.04. The van der Waals surface area contributed by atoms with Crippen LogP contribution >= 0.6 is 0 Å². The number of carbonyl (C=O) groups excluding carboxylic acids is 1. The predicted molar refractivity (Wildman–Crippen MR) is 94.2 cm³/mol. The summed E-state index contributed by atoms with van der Waals surface area (Å²) >= 11 is 0. The van der Waals surface area contributed by atoms with Crippen molar-refractivity contribution in [2.24, 2.45) is 0 Å². The second-order valence-corrected chi connectivity index (χ2v) is 8.15. The smallest absolute Gasteiger partial charge is 0.350 e. The van der Waals surface area contributed by atoms with E-state index < -0.39 is 20.7 Å². The van der Waals surface area contributed by atoms with Gasteiger partial charge in [-0.3, -0.25) is 0 Å². The average molecular weight is 365 g/mol. The molecule has 0 aromatic heterocycles. The molecule has 7 heteroatoms. The highest BCUT2D eigenvalue weighted by molar-refractivity contribution is 7.96. The van der Waals surface area contributed by atoms with E-state index in [-0.39, 0.29) is 17.0 Å². The van der Waals surface area contributed by atoms with Crippen LogP contribution in [0.15, 0.2) is 58.2 Å². The molecule has 25 heavy (non-hydrogen) atoms. The minimum Gasteiger partial charge on any atom is -0.477 e. The second kappa shape index (κ2) is 7.31. The number of ether oxygens (including phenoxy) is 2. The molecule has 1 saturated heterocycles. The predicted octanol–water partition coefficient (Wildman–Crippen LogP) is 2.49. The molecular formula is C18H23NO5S. The Balaban J connectivity index is 2.46. The summed E-state index contributed by atoms with van der Waals surface area (Å²) < 4.78 is 36.1. The van der Waals surface area contributed by atoms with Gasteiger partial charge < -0.3 is 14.4 Å². The summed E-state index contributed by atoms with van der Waals surface area (Å²) in [6.45, 7) is 6.19. The van der Waals surface area contributed by atoms with Gasteiger partial charge in [0.25, 0.3) is 0 Å². The second-order valence-electron chi connectivity index (χ2n) is 6.23. The molecule has 136 valence electrons. The molecule has 1 aliphatic heterocycles. The normalized spacial score (nSPS) is 19.0. The molecular weight excluding hydrogens is 342 g/mol. The fraction of sp³-hybridized carbons (Fsp3) is 0.389. The van der Waals surface area contributed by atoms with Crippen LogP contribution in [0.2, 0.25) is 0 Å². The monoisotopic (exact) mass is 365 g/mol. The number of esters is 1. The number of rotatable bonds is 5. The molecule has 0 spiro atoms. The molecule has 1 aliphatic rings. The van der Waals surface area contributed by atoms with Crippen molar-refractivity contribution in [2.75, 3.05) is 20.3 Å². The largest absolute Gasteiger partial charge is 0.477 e. The molecule has 1 aromatic carbocycles. The molecule has 0 saturated carbocycles. The summed E-state index contributed by atoms with van der Waals surface area (Å²) in [5.41, 5.74) is -0.206. The van der Waals surface area contributed by atoms with E-state index in [0.717, 1.165) is 0 Å². The fourth-order valence-corrected chi connectivity index (χ4v) is 3.54. The number of likely N-dealkylation sites (N-methyl/N-ethyl adjacent to an activating group) is 1. The lowest BCUT2D eigenvalue weighted by Gasteiger charge is -2.25. The minimum absolute atomic E-state index is 0.0359. The topological polar surface area (TPSA) is 72.9 Å². The number of carbonyl (C=O) groups is 1. The van der Waals surface area contributed by atoms with Crippen LogP contribution in [-0.2, 0) is 24.1 Å². The van der Waals surface area contributed by atoms with Crippen molar-refractivity contribution in [3.05, 3.63) is 53.3 Å². The van der Waals surface area contributed by atoms with Gasteiger partial charge in [0.15, 0.2) is 10.8 Å². The van der Waals surface area contributed by atoms with E-state index in [2.05, 4.69) is 0 Å². The third-order valence-corrected chi connectivity index (χ3v) is 5.78. The van der Waals surface area contributed by atoms with Gasteiger partial charge >= 0.3 is 5.97 Å². The molecule has 1 heterocycles. The van der Waals surface area contributed by atoms with Gasteiger partial charge in [0.05, 0.1) is 17.0 Å². The molecule has 0 unspecified atom stereocenters. The Morgan fingerprint density at radius 2 is 1.96 bits per heavy atom. The van der Waals surface area contributed by atoms with Crippen LogP contribution in [0.4, 0.5) is 0 Å². The van der Waals surface area contributed by atoms with Crippen LogP contribution in [0, 0.1) is 0 Å². The van der Waals surface area contributed by atoms with Gasteiger partial charge in [-0.2, -0.15) is 0 Å². The van der Waals surface area contributed by atoms with Crippen LogP contribution < -0.4 is 0 Å². The Bertz CT molecular complexity index is 794. The zero-order chi connectivity index (χ0) is 18.7. The molecule has 2 rings (SSSR count). The Labute approximate surface area is 148 Å². The first-order valence-corrected chi connectivity index (χ1v) is 9.44. The molecule has 0 N–H and O–H groups in total. The van der Waals surface area contributed by atoms with E-state index in [1.807, 2.05) is 25.8 Å². The van der Waals surface area contributed by atoms with Gasteiger partial charge in [-0.15, -0.1) is 0 Å². The number of allylic oxidation sites excluding steroid dienone is 2. The van der Waals surface area contributed by atoms with Crippen molar-refractivity contribution < 1.29 is 22.7 Å². The molecule has 0 radical (unpaired) electrons. The number of sulfone groups is 1. The number of nitrogens with zero attached hydrogens (tertiary/aromatic N) is 1. The summed E-state index contributed by atoms with van der Waals surface area (Å²) in [4.78, 5) is 13.7. The van der Waals surface area contributed by atoms with Crippen LogP contribution in [0.1, 0.15) is 20.8 Å². The highest BCUT2D eigenvalue weighted by atomic mass is 32.2. The Hall–Kier alpha value is -2.28. The summed E-state index contributed by atoms with van der Waals surface area (Å²) in [5.74, 6) is -0.391. The number of hydrogen-bond donors (Lipinski definition) is 0. The molecule has 1 aromatic rings. The van der Waals surface area contributed by atoms with Crippen molar-refractivity contribution in [1.82, 2.24) is 4.90 Å². The number of hydrogen-bond acceptors (Lipinski definition) is 6. The summed E-state index contributed by atoms with van der Waals surface area (Å²) in [5, 5.41) is 0. The highest BCUT2D eigenvalue weighted by Crippen LogP contribution is 2.28. The lowest BCUT2D eigenvalue weighted by Crippen LogP contribution is -2.36. The lowest BCUT2D eigenvalue weighted by atomic mass is 10.1. The van der Waals surface area contributed by atoms with E-state index in [0.29, 0.717) is 12.5 Å². The van der Waals surface area contributed by atoms with Crippen molar-refractivity contribution in [3.63, 3.8) is 0 Å². The van der Waals surface area contributed by atoms with Gasteiger partial charge in [-0.25, -0.2) is 13.2 Å². The van der Waals surface area contributed by atoms with E-state index >= 15 is 0 Å². The standard InChI is InChI=1S/C18H23NO5S/c1-5-23-17(20)15(25(21,22)14-9-7-6-8-10-14)11-12-16-19(4)18(2,3)13-24-16/h6-12H,5,13H2,1-4H3. The maximum absolute atomic E-state index is 12.8. The molecule has 1 fully saturated rings. The van der Waals surface area contributed by atoms with Gasteiger partial charge in [-0.1, -0.05) is 18.2 Å². The van der Waals surface area contributed by atoms with Crippen LogP contribution in [0.5, 0.6) is 0 Å². The first-order chi connectivity index (χ1) is 11.7. The molecule has 0 amide bonds. The highest BCUT2D eigenvalue weighted by Gasteiger charge is 2.34. The van der Waals surface area contributed by atoms with Crippen LogP contribution in [0.25, 0.3) is 0 Å². The zero-order valence-electron chi connectivity index (χ0n) is 14.9. The maximum Gasteiger partial charge on any atom is 0.350 e. The molecule has 0 bridgehead atoms. The van der Waals surface area contributed by atoms with E-state index in [1.165, 1.54) is 24.3 Å². The Morgan fingerprint density at radius 3 is 2.48 bits per heavy atom. The first-order valence-electron chi connectivity index (χ1n) is 7.96. The number of benzene rings is 1. The van der Waals surface area contributed by atoms with Crippen molar-refractivity contribution >= 4 is 15.8 Å². The SMILES string of the molecule is CCOC(=O)C(=CC=C1OCC(C)(C)N1C)S(=O)(=O)c1ccccc1. The minimum atomic E-state index is -3.99. The third-order valence-electron chi connectivity index (χ3n) is 4.01. The van der Waals surface area contributed by atoms with Gasteiger partial charge in [-0.05, 0) is 45.1 Å². The molecule has 6 nitrogen and oxygen atoms in total. The van der Waals surface area contributed by atoms with Crippen molar-refractivity contribution in [2.45, 2.75) is 31.2 Å². The quantitative estimate of drug-likeness (QED) is 0.590. The first kappa shape index (κ1) is 19.1. The fourth-order valence-electron chi connectivity index (χ4n) is 2.25. The van der Waals surface area contributed by atoms with E-state index in [1.54, 1.807) is 25.1 Å². The average Bonchev–Trinajstić information content (AvgIpc) is 2.83. The maximum atomic E-state index is 12.8. The van der Waals surface area contributed by atoms with Crippen molar-refractivity contribution in [1.29, 1.82) is 0 Å². The van der Waals surface area contributed by atoms with E-state index in [4.69, 9.17) is 9.47 Å². The van der Waals surface area contributed by atoms with E-state index in [9.17, 15) is 13.2 Å².